The van der Waals surface area contributed by atoms with Gasteiger partial charge in [-0.15, -0.1) is 0 Å². The van der Waals surface area contributed by atoms with Crippen molar-refractivity contribution in [2.75, 3.05) is 13.2 Å². The minimum absolute atomic E-state index is 0.301. The van der Waals surface area contributed by atoms with Crippen LogP contribution < -0.4 is 5.32 Å². The van der Waals surface area contributed by atoms with Gasteiger partial charge in [-0.2, -0.15) is 0 Å². The highest BCUT2D eigenvalue weighted by molar-refractivity contribution is 4.79. The Morgan fingerprint density at radius 1 is 1.25 bits per heavy atom. The van der Waals surface area contributed by atoms with E-state index in [2.05, 4.69) is 26.1 Å². The van der Waals surface area contributed by atoms with E-state index in [0.717, 1.165) is 18.4 Å². The molecular weight excluding hydrogens is 198 g/mol. The van der Waals surface area contributed by atoms with E-state index in [4.69, 9.17) is 5.11 Å². The van der Waals surface area contributed by atoms with Crippen molar-refractivity contribution in [1.82, 2.24) is 5.32 Å². The Labute approximate surface area is 101 Å². The molecule has 0 aromatic heterocycles. The van der Waals surface area contributed by atoms with Gasteiger partial charge < -0.3 is 10.4 Å². The molecular formula is C14H29NO. The fraction of sp³-hybridized carbons (Fsp3) is 1.00. The molecule has 3 unspecified atom stereocenters. The normalized spacial score (nSPS) is 28.3. The quantitative estimate of drug-likeness (QED) is 0.731. The van der Waals surface area contributed by atoms with Crippen LogP contribution in [0.25, 0.3) is 0 Å². The molecule has 2 N–H and O–H groups in total. The van der Waals surface area contributed by atoms with Gasteiger partial charge >= 0.3 is 0 Å². The summed E-state index contributed by atoms with van der Waals surface area (Å²) in [5.74, 6) is 2.15. The molecule has 2 heteroatoms. The number of hydrogen-bond acceptors (Lipinski definition) is 2. The molecule has 0 heterocycles. The lowest BCUT2D eigenvalue weighted by Gasteiger charge is -2.31. The van der Waals surface area contributed by atoms with Crippen molar-refractivity contribution in [3.05, 3.63) is 0 Å². The Morgan fingerprint density at radius 2 is 2.00 bits per heavy atom. The molecule has 0 aromatic rings. The van der Waals surface area contributed by atoms with Crippen molar-refractivity contribution < 1.29 is 5.11 Å². The second kappa shape index (κ2) is 7.29. The zero-order valence-electron chi connectivity index (χ0n) is 11.2. The van der Waals surface area contributed by atoms with E-state index in [9.17, 15) is 0 Å². The number of hydrogen-bond donors (Lipinski definition) is 2. The topological polar surface area (TPSA) is 32.3 Å². The molecule has 16 heavy (non-hydrogen) atoms. The maximum atomic E-state index is 9.00. The van der Waals surface area contributed by atoms with Crippen molar-refractivity contribution in [2.45, 2.75) is 58.9 Å². The first-order chi connectivity index (χ1) is 7.61. The SMILES string of the molecule is CC(C)CC1CCCC(NCC(C)CO)C1. The Balaban J connectivity index is 2.22. The molecule has 1 rings (SSSR count). The molecule has 2 nitrogen and oxygen atoms in total. The molecule has 1 saturated carbocycles. The maximum absolute atomic E-state index is 9.00. The zero-order chi connectivity index (χ0) is 12.0. The van der Waals surface area contributed by atoms with Gasteiger partial charge in [0.05, 0.1) is 0 Å². The summed E-state index contributed by atoms with van der Waals surface area (Å²) in [7, 11) is 0. The third-order valence-electron chi connectivity index (χ3n) is 3.65. The van der Waals surface area contributed by atoms with Crippen LogP contribution in [0, 0.1) is 17.8 Å². The smallest absolute Gasteiger partial charge is 0.0468 e. The van der Waals surface area contributed by atoms with Crippen molar-refractivity contribution in [2.24, 2.45) is 17.8 Å². The lowest BCUT2D eigenvalue weighted by molar-refractivity contribution is 0.211. The van der Waals surface area contributed by atoms with E-state index in [1.54, 1.807) is 0 Å². The molecule has 0 saturated heterocycles. The highest BCUT2D eigenvalue weighted by Gasteiger charge is 2.22. The molecule has 3 atom stereocenters. The van der Waals surface area contributed by atoms with Crippen molar-refractivity contribution >= 4 is 0 Å². The average Bonchev–Trinajstić information content (AvgIpc) is 2.25. The largest absolute Gasteiger partial charge is 0.396 e. The van der Waals surface area contributed by atoms with Gasteiger partial charge in [0, 0.05) is 19.2 Å². The molecule has 1 aliphatic rings. The minimum Gasteiger partial charge on any atom is -0.396 e. The van der Waals surface area contributed by atoms with Crippen molar-refractivity contribution in [3.63, 3.8) is 0 Å². The predicted octanol–water partition coefficient (Wildman–Crippen LogP) is 2.81. The highest BCUT2D eigenvalue weighted by Crippen LogP contribution is 2.29. The third-order valence-corrected chi connectivity index (χ3v) is 3.65. The van der Waals surface area contributed by atoms with Crippen molar-refractivity contribution in [1.29, 1.82) is 0 Å². The molecule has 96 valence electrons. The van der Waals surface area contributed by atoms with Crippen LogP contribution in [0.5, 0.6) is 0 Å². The van der Waals surface area contributed by atoms with Gasteiger partial charge in [-0.3, -0.25) is 0 Å². The molecule has 0 radical (unpaired) electrons. The van der Waals surface area contributed by atoms with Crippen LogP contribution in [0.3, 0.4) is 0 Å². The summed E-state index contributed by atoms with van der Waals surface area (Å²) in [5, 5.41) is 12.6. The summed E-state index contributed by atoms with van der Waals surface area (Å²) < 4.78 is 0. The van der Waals surface area contributed by atoms with E-state index < -0.39 is 0 Å². The van der Waals surface area contributed by atoms with Gasteiger partial charge in [-0.1, -0.05) is 33.6 Å². The minimum atomic E-state index is 0.301. The summed E-state index contributed by atoms with van der Waals surface area (Å²) >= 11 is 0. The van der Waals surface area contributed by atoms with Crippen LogP contribution in [0.1, 0.15) is 52.9 Å². The van der Waals surface area contributed by atoms with Gasteiger partial charge in [-0.25, -0.2) is 0 Å². The number of aliphatic hydroxyl groups excluding tert-OH is 1. The van der Waals surface area contributed by atoms with E-state index in [0.29, 0.717) is 18.6 Å². The lowest BCUT2D eigenvalue weighted by atomic mass is 9.81. The van der Waals surface area contributed by atoms with Gasteiger partial charge in [0.1, 0.15) is 0 Å². The standard InChI is InChI=1S/C14H29NO/c1-11(2)7-13-5-4-6-14(8-13)15-9-12(3)10-16/h11-16H,4-10H2,1-3H3. The number of rotatable bonds is 6. The molecule has 1 aliphatic carbocycles. The van der Waals surface area contributed by atoms with E-state index in [1.165, 1.54) is 32.1 Å². The Hall–Kier alpha value is -0.0800. The molecule has 0 aliphatic heterocycles. The van der Waals surface area contributed by atoms with E-state index in [-0.39, 0.29) is 0 Å². The average molecular weight is 227 g/mol. The summed E-state index contributed by atoms with van der Waals surface area (Å²) in [6.45, 7) is 8.02. The van der Waals surface area contributed by atoms with Crippen LogP contribution in [0.4, 0.5) is 0 Å². The van der Waals surface area contributed by atoms with Crippen LogP contribution in [-0.2, 0) is 0 Å². The Bertz CT molecular complexity index is 182. The van der Waals surface area contributed by atoms with Crippen LogP contribution in [-0.4, -0.2) is 24.3 Å². The van der Waals surface area contributed by atoms with Gasteiger partial charge in [0.15, 0.2) is 0 Å². The molecule has 0 spiro atoms. The van der Waals surface area contributed by atoms with Crippen LogP contribution >= 0.6 is 0 Å². The summed E-state index contributed by atoms with van der Waals surface area (Å²) in [6.07, 6.45) is 6.85. The Kier molecular flexibility index (Phi) is 6.37. The molecule has 0 aromatic carbocycles. The monoisotopic (exact) mass is 227 g/mol. The van der Waals surface area contributed by atoms with E-state index >= 15 is 0 Å². The summed E-state index contributed by atoms with van der Waals surface area (Å²) in [5.41, 5.74) is 0. The second-order valence-corrected chi connectivity index (χ2v) is 6.06. The van der Waals surface area contributed by atoms with Crippen molar-refractivity contribution in [3.8, 4) is 0 Å². The third kappa shape index (κ3) is 5.31. The van der Waals surface area contributed by atoms with Gasteiger partial charge in [-0.05, 0) is 37.0 Å². The predicted molar refractivity (Wildman–Crippen MR) is 69.5 cm³/mol. The fourth-order valence-electron chi connectivity index (χ4n) is 2.79. The first-order valence-electron chi connectivity index (χ1n) is 6.96. The number of aliphatic hydroxyl groups is 1. The van der Waals surface area contributed by atoms with Crippen LogP contribution in [0.2, 0.25) is 0 Å². The second-order valence-electron chi connectivity index (χ2n) is 6.06. The van der Waals surface area contributed by atoms with Gasteiger partial charge in [0.2, 0.25) is 0 Å². The first-order valence-corrected chi connectivity index (χ1v) is 6.96. The zero-order valence-corrected chi connectivity index (χ0v) is 11.2. The Morgan fingerprint density at radius 3 is 2.62 bits per heavy atom. The van der Waals surface area contributed by atoms with E-state index in [1.807, 2.05) is 0 Å². The molecule has 1 fully saturated rings. The summed E-state index contributed by atoms with van der Waals surface area (Å²) in [4.78, 5) is 0. The maximum Gasteiger partial charge on any atom is 0.0468 e. The fourth-order valence-corrected chi connectivity index (χ4v) is 2.79. The van der Waals surface area contributed by atoms with Crippen LogP contribution in [0.15, 0.2) is 0 Å². The lowest BCUT2D eigenvalue weighted by Crippen LogP contribution is -2.37. The summed E-state index contributed by atoms with van der Waals surface area (Å²) in [6, 6.07) is 0.700. The highest BCUT2D eigenvalue weighted by atomic mass is 16.3. The van der Waals surface area contributed by atoms with Gasteiger partial charge in [0.25, 0.3) is 0 Å². The molecule has 0 amide bonds. The molecule has 0 bridgehead atoms. The number of nitrogens with one attached hydrogen (secondary N) is 1. The first kappa shape index (κ1) is 14.0.